The number of Topliss-reactive ketones (excluding diaryl/α,β-unsaturated/α-hetero) is 1. The summed E-state index contributed by atoms with van der Waals surface area (Å²) >= 11 is 0. The molecule has 7 aliphatic heterocycles. The molecule has 83 heavy (non-hydrogen) atoms. The number of hydrogen-bond donors (Lipinski definition) is 7. The van der Waals surface area contributed by atoms with E-state index in [-0.39, 0.29) is 104 Å². The SMILES string of the molecule is C[C@@]1(O)CNc2cc(cc([C@H]3C#C[C@@H]4CC(=O)Oc5c4cc(c(O)c5C4CCCCC4)C[C@H]4OC(=O)/C(=C\[C@H](O)Cc5cccc(c5)C[C@@H]5C(=O)CC[C@@H]6[C@@H]5C[C@@H]5CCCC[C@H]5[C@]64O)C3)c2)[C@@H](O)CC#C[C@H]2CC[C@@H]3O[C@@H](CC[C@H]3C2)[C@@H]1O. The number of fused-ring (bicyclic) bond motifs is 11. The third-order valence-electron chi connectivity index (χ3n) is 21.9. The Morgan fingerprint density at radius 2 is 1.48 bits per heavy atom. The molecule has 0 unspecified atom stereocenters. The van der Waals surface area contributed by atoms with Crippen molar-refractivity contribution in [2.75, 3.05) is 11.9 Å². The van der Waals surface area contributed by atoms with Gasteiger partial charge in [0, 0.05) is 72.4 Å². The van der Waals surface area contributed by atoms with Crippen molar-refractivity contribution in [3.8, 4) is 35.2 Å². The number of benzene rings is 3. The van der Waals surface area contributed by atoms with Crippen LogP contribution in [0.5, 0.6) is 11.5 Å². The van der Waals surface area contributed by atoms with Crippen LogP contribution < -0.4 is 10.1 Å². The average Bonchev–Trinajstić information content (AvgIpc) is 1.77. The van der Waals surface area contributed by atoms with E-state index in [0.717, 1.165) is 94.6 Å². The van der Waals surface area contributed by atoms with Gasteiger partial charge in [-0.1, -0.05) is 92.5 Å². The number of rotatable bonds is 2. The van der Waals surface area contributed by atoms with Crippen molar-refractivity contribution in [3.05, 3.63) is 99.1 Å². The van der Waals surface area contributed by atoms with Gasteiger partial charge in [-0.3, -0.25) is 9.59 Å². The van der Waals surface area contributed by atoms with Crippen LogP contribution in [0.15, 0.2) is 60.2 Å². The number of anilines is 1. The second-order valence-corrected chi connectivity index (χ2v) is 27.2. The van der Waals surface area contributed by atoms with Gasteiger partial charge in [0.15, 0.2) is 0 Å². The minimum atomic E-state index is -1.64. The summed E-state index contributed by atoms with van der Waals surface area (Å²) in [5, 5.41) is 79.0. The number of phenolic OH excluding ortho intramolecular Hbond substituents is 1. The van der Waals surface area contributed by atoms with Crippen molar-refractivity contribution in [1.29, 1.82) is 0 Å². The molecule has 6 fully saturated rings. The highest BCUT2D eigenvalue weighted by molar-refractivity contribution is 5.89. The largest absolute Gasteiger partial charge is 0.507 e. The first-order valence-corrected chi connectivity index (χ1v) is 31.7. The summed E-state index contributed by atoms with van der Waals surface area (Å²) in [6.45, 7) is 1.52. The summed E-state index contributed by atoms with van der Waals surface area (Å²) in [7, 11) is 0. The molecule has 7 N–H and O–H groups in total. The van der Waals surface area contributed by atoms with Gasteiger partial charge in [0.05, 0.1) is 36.8 Å². The standard InChI is InChI=1S/C70H83NO12/c1-69(79)38-71-51-31-47(30-48(32-51)58(73)16-8-9-39-17-23-60-46(26-39)20-24-61(81-60)67(69)77)43-18-19-44-37-63(75)83-66-53(44)35-49(65(76)64(66)42-12-3-2-4-13-42)36-62-70(80)56-15-6-5-14-45(56)34-54-55(59(74)22-21-57(54)70)28-41-11-7-10-40(25-41)27-52(72)33-50(29-43)68(78)82-62/h7,10-11,25,30-33,35,39,42-46,52,54-58,60-62,67,71-73,76-77,79-80H,2-6,12-17,20-24,26-29,34,36-38H2,1H3/b50-33-/t39-,43-,44+,45-,46-,52+,54+,55-,56+,57+,58-,60-,61-,62+,67-,69+,70-/m0/s1. The van der Waals surface area contributed by atoms with E-state index in [9.17, 15) is 40.2 Å². The number of ketones is 1. The molecule has 12 aliphatic rings. The van der Waals surface area contributed by atoms with E-state index in [2.05, 4.69) is 35.1 Å². The van der Waals surface area contributed by atoms with Crippen molar-refractivity contribution in [2.45, 2.75) is 220 Å². The Kier molecular flexibility index (Phi) is 15.7. The fraction of sp³-hybridized carbons (Fsp3) is 0.614. The number of phenols is 1. The Hall–Kier alpha value is -5.51. The van der Waals surface area contributed by atoms with Gasteiger partial charge in [-0.2, -0.15) is 0 Å². The van der Waals surface area contributed by atoms with Gasteiger partial charge in [0.1, 0.15) is 40.7 Å². The van der Waals surface area contributed by atoms with Crippen molar-refractivity contribution >= 4 is 23.4 Å². The van der Waals surface area contributed by atoms with Crippen LogP contribution in [-0.2, 0) is 43.1 Å². The maximum absolute atomic E-state index is 16.0. The lowest BCUT2D eigenvalue weighted by Gasteiger charge is -2.59. The molecule has 5 saturated carbocycles. The first kappa shape index (κ1) is 56.6. The maximum Gasteiger partial charge on any atom is 0.334 e. The van der Waals surface area contributed by atoms with Crippen molar-refractivity contribution in [3.63, 3.8) is 0 Å². The van der Waals surface area contributed by atoms with E-state index < -0.39 is 71.4 Å². The average molecular weight is 1130 g/mol. The topological polar surface area (TPSA) is 212 Å². The van der Waals surface area contributed by atoms with Crippen LogP contribution in [0.2, 0.25) is 0 Å². The number of aromatic hydroxyl groups is 1. The minimum Gasteiger partial charge on any atom is -0.507 e. The number of carbonyl (C=O) groups excluding carboxylic acids is 3. The molecule has 3 aromatic carbocycles. The first-order valence-electron chi connectivity index (χ1n) is 31.7. The number of aliphatic hydroxyl groups excluding tert-OH is 3. The lowest BCUT2D eigenvalue weighted by Crippen LogP contribution is -2.65. The highest BCUT2D eigenvalue weighted by atomic mass is 16.6. The van der Waals surface area contributed by atoms with Gasteiger partial charge in [-0.15, -0.1) is 0 Å². The summed E-state index contributed by atoms with van der Waals surface area (Å²) in [5.74, 6) is 10.7. The van der Waals surface area contributed by atoms with Crippen LogP contribution in [0.25, 0.3) is 0 Å². The lowest BCUT2D eigenvalue weighted by molar-refractivity contribution is -0.228. The predicted molar refractivity (Wildman–Crippen MR) is 311 cm³/mol. The summed E-state index contributed by atoms with van der Waals surface area (Å²) in [6.07, 6.45) is 10.3. The van der Waals surface area contributed by atoms with Gasteiger partial charge >= 0.3 is 11.9 Å². The van der Waals surface area contributed by atoms with Crippen LogP contribution in [0.4, 0.5) is 5.69 Å². The quantitative estimate of drug-likeness (QED) is 0.0725. The molecule has 0 spiro atoms. The molecular formula is C70H83NO12. The molecule has 0 amide bonds. The zero-order valence-corrected chi connectivity index (χ0v) is 48.0. The summed E-state index contributed by atoms with van der Waals surface area (Å²) in [5.41, 5.74) is 1.96. The number of nitrogens with one attached hydrogen (secondary N) is 1. The van der Waals surface area contributed by atoms with Crippen molar-refractivity contribution < 1.29 is 59.2 Å². The minimum absolute atomic E-state index is 0.0219. The van der Waals surface area contributed by atoms with Gasteiger partial charge in [-0.05, 0) is 172 Å². The van der Waals surface area contributed by atoms with Crippen LogP contribution in [-0.4, -0.2) is 96.6 Å². The number of aliphatic hydroxyl groups is 5. The molecule has 13 nitrogen and oxygen atoms in total. The summed E-state index contributed by atoms with van der Waals surface area (Å²) < 4.78 is 19.9. The Bertz CT molecular complexity index is 3170. The molecule has 0 radical (unpaired) electrons. The molecule has 13 heteroatoms. The number of ether oxygens (including phenoxy) is 3. The van der Waals surface area contributed by atoms with E-state index >= 15 is 4.79 Å². The van der Waals surface area contributed by atoms with Crippen molar-refractivity contribution in [2.24, 2.45) is 41.4 Å². The Labute approximate surface area is 488 Å². The van der Waals surface area contributed by atoms with Crippen molar-refractivity contribution in [1.82, 2.24) is 0 Å². The predicted octanol–water partition coefficient (Wildman–Crippen LogP) is 9.64. The van der Waals surface area contributed by atoms with E-state index in [4.69, 9.17) is 14.2 Å². The Morgan fingerprint density at radius 1 is 0.711 bits per heavy atom. The third kappa shape index (κ3) is 11.1. The Balaban J connectivity index is 0.991. The number of hydrogen-bond acceptors (Lipinski definition) is 13. The fourth-order valence-electron chi connectivity index (χ4n) is 17.6. The highest BCUT2D eigenvalue weighted by Crippen LogP contribution is 2.59. The molecule has 5 aliphatic carbocycles. The molecule has 440 valence electrons. The molecule has 17 atom stereocenters. The third-order valence-corrected chi connectivity index (χ3v) is 21.9. The number of carbonyl (C=O) groups is 3. The highest BCUT2D eigenvalue weighted by Gasteiger charge is 2.62. The van der Waals surface area contributed by atoms with Gasteiger partial charge in [0.25, 0.3) is 0 Å². The van der Waals surface area contributed by atoms with Gasteiger partial charge < -0.3 is 50.2 Å². The second kappa shape index (κ2) is 23.1. The van der Waals surface area contributed by atoms with Crippen LogP contribution in [0, 0.1) is 65.1 Å². The lowest BCUT2D eigenvalue weighted by atomic mass is 9.48. The van der Waals surface area contributed by atoms with Gasteiger partial charge in [-0.25, -0.2) is 4.79 Å². The maximum atomic E-state index is 16.0. The summed E-state index contributed by atoms with van der Waals surface area (Å²) in [4.78, 5) is 44.4. The molecule has 1 saturated heterocycles. The molecule has 0 aromatic heterocycles. The zero-order valence-electron chi connectivity index (χ0n) is 48.0. The summed E-state index contributed by atoms with van der Waals surface area (Å²) in [6, 6.07) is 15.4. The molecule has 7 heterocycles. The molecule has 15 rings (SSSR count). The smallest absolute Gasteiger partial charge is 0.334 e. The molecule has 3 aromatic rings. The van der Waals surface area contributed by atoms with E-state index in [1.807, 2.05) is 42.5 Å². The van der Waals surface area contributed by atoms with Crippen LogP contribution in [0.1, 0.15) is 198 Å². The van der Waals surface area contributed by atoms with E-state index in [1.165, 1.54) is 0 Å². The normalized spacial score (nSPS) is 38.8. The Morgan fingerprint density at radius 3 is 2.33 bits per heavy atom. The first-order chi connectivity index (χ1) is 40.1. The number of esters is 2. The second-order valence-electron chi connectivity index (χ2n) is 27.2. The van der Waals surface area contributed by atoms with E-state index in [1.54, 1.807) is 13.0 Å². The van der Waals surface area contributed by atoms with E-state index in [0.29, 0.717) is 70.9 Å². The molecular weight excluding hydrogens is 1050 g/mol. The van der Waals surface area contributed by atoms with Crippen LogP contribution in [0.3, 0.4) is 0 Å². The molecule has 16 bridgehead atoms. The monoisotopic (exact) mass is 1130 g/mol. The van der Waals surface area contributed by atoms with Gasteiger partial charge in [0.2, 0.25) is 0 Å². The van der Waals surface area contributed by atoms with Crippen LogP contribution >= 0.6 is 0 Å². The zero-order chi connectivity index (χ0) is 57.3. The fourth-order valence-corrected chi connectivity index (χ4v) is 17.6.